The van der Waals surface area contributed by atoms with Gasteiger partial charge in [0.05, 0.1) is 18.8 Å². The topological polar surface area (TPSA) is 58.4 Å². The number of thioether (sulfide) groups is 1. The van der Waals surface area contributed by atoms with Crippen molar-refractivity contribution in [3.05, 3.63) is 18.0 Å². The van der Waals surface area contributed by atoms with Crippen molar-refractivity contribution in [3.63, 3.8) is 0 Å². The largest absolute Gasteiger partial charge is 0.394 e. The van der Waals surface area contributed by atoms with Crippen molar-refractivity contribution in [2.75, 3.05) is 31.7 Å². The third-order valence-corrected chi connectivity index (χ3v) is 4.32. The number of likely N-dealkylation sites (tertiary alicyclic amines) is 1. The van der Waals surface area contributed by atoms with Gasteiger partial charge in [0.15, 0.2) is 0 Å². The van der Waals surface area contributed by atoms with E-state index >= 15 is 0 Å². The van der Waals surface area contributed by atoms with E-state index in [9.17, 15) is 4.79 Å². The molecule has 0 radical (unpaired) electrons. The summed E-state index contributed by atoms with van der Waals surface area (Å²) in [5.41, 5.74) is 1.04. The van der Waals surface area contributed by atoms with Gasteiger partial charge >= 0.3 is 0 Å². The number of aliphatic hydroxyl groups is 1. The van der Waals surface area contributed by atoms with Gasteiger partial charge in [-0.3, -0.25) is 9.48 Å². The van der Waals surface area contributed by atoms with Crippen LogP contribution in [-0.2, 0) is 11.3 Å². The minimum absolute atomic E-state index is 0.102. The minimum Gasteiger partial charge on any atom is -0.394 e. The van der Waals surface area contributed by atoms with Crippen molar-refractivity contribution in [1.29, 1.82) is 0 Å². The minimum atomic E-state index is 0.102. The van der Waals surface area contributed by atoms with E-state index in [0.717, 1.165) is 37.4 Å². The Morgan fingerprint density at radius 3 is 3.20 bits per heavy atom. The average molecular weight is 297 g/mol. The van der Waals surface area contributed by atoms with Crippen LogP contribution in [0.3, 0.4) is 0 Å². The van der Waals surface area contributed by atoms with Gasteiger partial charge in [0.2, 0.25) is 5.91 Å². The summed E-state index contributed by atoms with van der Waals surface area (Å²) in [5, 5.41) is 13.4. The molecule has 5 nitrogen and oxygen atoms in total. The molecular weight excluding hydrogens is 274 g/mol. The highest BCUT2D eigenvalue weighted by molar-refractivity contribution is 7.98. The van der Waals surface area contributed by atoms with Crippen molar-refractivity contribution in [1.82, 2.24) is 14.7 Å². The molecule has 0 unspecified atom stereocenters. The van der Waals surface area contributed by atoms with Gasteiger partial charge in [-0.1, -0.05) is 0 Å². The smallest absolute Gasteiger partial charge is 0.223 e. The second-order valence-corrected chi connectivity index (χ2v) is 6.13. The number of rotatable bonds is 6. The van der Waals surface area contributed by atoms with Crippen molar-refractivity contribution in [2.45, 2.75) is 31.7 Å². The van der Waals surface area contributed by atoms with Crippen LogP contribution in [-0.4, -0.2) is 57.4 Å². The first-order valence-corrected chi connectivity index (χ1v) is 8.55. The van der Waals surface area contributed by atoms with Gasteiger partial charge in [0, 0.05) is 37.4 Å². The van der Waals surface area contributed by atoms with Crippen LogP contribution in [0.25, 0.3) is 0 Å². The molecule has 1 atom stereocenters. The van der Waals surface area contributed by atoms with E-state index in [1.54, 1.807) is 16.4 Å². The highest BCUT2D eigenvalue weighted by Crippen LogP contribution is 2.26. The number of aliphatic hydroxyl groups excluding tert-OH is 1. The molecule has 1 fully saturated rings. The first-order chi connectivity index (χ1) is 9.74. The Morgan fingerprint density at radius 1 is 1.60 bits per heavy atom. The lowest BCUT2D eigenvalue weighted by Gasteiger charge is -2.32. The van der Waals surface area contributed by atoms with Crippen molar-refractivity contribution in [3.8, 4) is 0 Å². The molecule has 0 aromatic carbocycles. The van der Waals surface area contributed by atoms with Gasteiger partial charge in [-0.25, -0.2) is 0 Å². The lowest BCUT2D eigenvalue weighted by atomic mass is 9.95. The van der Waals surface area contributed by atoms with Crippen LogP contribution in [0.5, 0.6) is 0 Å². The third kappa shape index (κ3) is 3.99. The van der Waals surface area contributed by atoms with Gasteiger partial charge in [0.25, 0.3) is 0 Å². The Hall–Kier alpha value is -1.01. The molecule has 0 spiro atoms. The van der Waals surface area contributed by atoms with Crippen LogP contribution in [0.2, 0.25) is 0 Å². The first kappa shape index (κ1) is 15.4. The van der Waals surface area contributed by atoms with E-state index in [-0.39, 0.29) is 12.5 Å². The van der Waals surface area contributed by atoms with E-state index < -0.39 is 0 Å². The summed E-state index contributed by atoms with van der Waals surface area (Å²) in [4.78, 5) is 14.1. The molecule has 0 saturated carbocycles. The molecule has 112 valence electrons. The Labute approximate surface area is 124 Å². The summed E-state index contributed by atoms with van der Waals surface area (Å²) >= 11 is 1.71. The van der Waals surface area contributed by atoms with Crippen molar-refractivity contribution < 1.29 is 9.90 Å². The normalized spacial score (nSPS) is 19.3. The summed E-state index contributed by atoms with van der Waals surface area (Å²) in [7, 11) is 0. The van der Waals surface area contributed by atoms with Crippen LogP contribution in [0.4, 0.5) is 0 Å². The second-order valence-electron chi connectivity index (χ2n) is 5.15. The SMILES string of the molecule is CSCCC(=O)N1CCC[C@H](c2ccn(CCO)n2)C1. The number of nitrogens with zero attached hydrogens (tertiary/aromatic N) is 3. The molecule has 1 N–H and O–H groups in total. The highest BCUT2D eigenvalue weighted by atomic mass is 32.2. The molecule has 2 heterocycles. The van der Waals surface area contributed by atoms with E-state index in [1.807, 2.05) is 23.4 Å². The van der Waals surface area contributed by atoms with E-state index in [1.165, 1.54) is 0 Å². The summed E-state index contributed by atoms with van der Waals surface area (Å²) in [6.45, 7) is 2.29. The number of carbonyl (C=O) groups is 1. The van der Waals surface area contributed by atoms with E-state index in [0.29, 0.717) is 18.9 Å². The molecule has 0 aliphatic carbocycles. The highest BCUT2D eigenvalue weighted by Gasteiger charge is 2.25. The summed E-state index contributed by atoms with van der Waals surface area (Å²) in [6.07, 6.45) is 6.69. The summed E-state index contributed by atoms with van der Waals surface area (Å²) < 4.78 is 1.77. The fourth-order valence-electron chi connectivity index (χ4n) is 2.61. The third-order valence-electron chi connectivity index (χ3n) is 3.70. The monoisotopic (exact) mass is 297 g/mol. The molecule has 20 heavy (non-hydrogen) atoms. The maximum absolute atomic E-state index is 12.1. The zero-order valence-corrected chi connectivity index (χ0v) is 12.8. The molecule has 1 aliphatic rings. The van der Waals surface area contributed by atoms with Crippen LogP contribution in [0.1, 0.15) is 30.9 Å². The van der Waals surface area contributed by atoms with Crippen molar-refractivity contribution >= 4 is 17.7 Å². The number of carbonyl (C=O) groups excluding carboxylic acids is 1. The van der Waals surface area contributed by atoms with Crippen LogP contribution >= 0.6 is 11.8 Å². The molecule has 0 bridgehead atoms. The molecule has 1 saturated heterocycles. The van der Waals surface area contributed by atoms with Crippen molar-refractivity contribution in [2.24, 2.45) is 0 Å². The number of aromatic nitrogens is 2. The van der Waals surface area contributed by atoms with Crippen LogP contribution < -0.4 is 0 Å². The van der Waals surface area contributed by atoms with Gasteiger partial charge in [-0.05, 0) is 25.2 Å². The fraction of sp³-hybridized carbons (Fsp3) is 0.714. The summed E-state index contributed by atoms with van der Waals surface area (Å²) in [5.74, 6) is 1.49. The van der Waals surface area contributed by atoms with Crippen LogP contribution in [0.15, 0.2) is 12.3 Å². The first-order valence-electron chi connectivity index (χ1n) is 7.15. The Kier molecular flexibility index (Phi) is 5.91. The number of amides is 1. The molecule has 1 aromatic rings. The predicted octanol–water partition coefficient (Wildman–Crippen LogP) is 1.33. The molecule has 1 aliphatic heterocycles. The number of piperidine rings is 1. The van der Waals surface area contributed by atoms with Gasteiger partial charge in [-0.2, -0.15) is 16.9 Å². The maximum atomic E-state index is 12.1. The number of hydrogen-bond acceptors (Lipinski definition) is 4. The molecule has 2 rings (SSSR count). The van der Waals surface area contributed by atoms with E-state index in [4.69, 9.17) is 5.11 Å². The molecule has 1 amide bonds. The van der Waals surface area contributed by atoms with Gasteiger partial charge < -0.3 is 10.0 Å². The summed E-state index contributed by atoms with van der Waals surface area (Å²) in [6, 6.07) is 2.01. The second kappa shape index (κ2) is 7.69. The Bertz CT molecular complexity index is 436. The van der Waals surface area contributed by atoms with Gasteiger partial charge in [-0.15, -0.1) is 0 Å². The molecular formula is C14H23N3O2S. The Morgan fingerprint density at radius 2 is 2.45 bits per heavy atom. The zero-order valence-electron chi connectivity index (χ0n) is 12.0. The Balaban J connectivity index is 1.93. The predicted molar refractivity (Wildman–Crippen MR) is 80.9 cm³/mol. The molecule has 1 aromatic heterocycles. The maximum Gasteiger partial charge on any atom is 0.223 e. The molecule has 6 heteroatoms. The lowest BCUT2D eigenvalue weighted by molar-refractivity contribution is -0.131. The van der Waals surface area contributed by atoms with Crippen LogP contribution in [0, 0.1) is 0 Å². The quantitative estimate of drug-likeness (QED) is 0.861. The lowest BCUT2D eigenvalue weighted by Crippen LogP contribution is -2.39. The standard InChI is InChI=1S/C14H23N3O2S/c1-20-10-5-14(19)16-6-2-3-12(11-16)13-4-7-17(15-13)8-9-18/h4,7,12,18H,2-3,5-6,8-11H2,1H3/t12-/m0/s1. The van der Waals surface area contributed by atoms with E-state index in [2.05, 4.69) is 5.10 Å². The fourth-order valence-corrected chi connectivity index (χ4v) is 2.99. The number of hydrogen-bond donors (Lipinski definition) is 1. The zero-order chi connectivity index (χ0) is 14.4. The van der Waals surface area contributed by atoms with Gasteiger partial charge in [0.1, 0.15) is 0 Å². The average Bonchev–Trinajstić information content (AvgIpc) is 2.94.